The highest BCUT2D eigenvalue weighted by Gasteiger charge is 2.21. The molecule has 1 rings (SSSR count). The zero-order valence-corrected chi connectivity index (χ0v) is 10.5. The zero-order chi connectivity index (χ0) is 13.7. The van der Waals surface area contributed by atoms with Gasteiger partial charge >= 0.3 is 0 Å². The van der Waals surface area contributed by atoms with Gasteiger partial charge in [0.1, 0.15) is 5.56 Å². The summed E-state index contributed by atoms with van der Waals surface area (Å²) in [6.07, 6.45) is 0.524. The predicted molar refractivity (Wildman–Crippen MR) is 66.7 cm³/mol. The zero-order valence-electron chi connectivity index (χ0n) is 9.72. The second-order valence-electron chi connectivity index (χ2n) is 3.68. The second kappa shape index (κ2) is 6.32. The van der Waals surface area contributed by atoms with E-state index in [-0.39, 0.29) is 22.9 Å². The minimum absolute atomic E-state index is 0.112. The molecule has 1 atom stereocenters. The van der Waals surface area contributed by atoms with Crippen molar-refractivity contribution >= 4 is 23.2 Å². The van der Waals surface area contributed by atoms with E-state index in [2.05, 4.69) is 5.32 Å². The number of nitro benzene ring substituents is 1. The van der Waals surface area contributed by atoms with E-state index in [9.17, 15) is 14.9 Å². The normalized spacial score (nSPS) is 11.9. The van der Waals surface area contributed by atoms with Gasteiger partial charge in [-0.2, -0.15) is 0 Å². The number of halogens is 1. The van der Waals surface area contributed by atoms with Crippen LogP contribution >= 0.6 is 11.6 Å². The molecule has 0 aliphatic heterocycles. The van der Waals surface area contributed by atoms with Crippen LogP contribution in [0.2, 0.25) is 5.02 Å². The quantitative estimate of drug-likeness (QED) is 0.631. The topological polar surface area (TPSA) is 92.5 Å². The Morgan fingerprint density at radius 2 is 2.28 bits per heavy atom. The number of aliphatic hydroxyl groups is 1. The van der Waals surface area contributed by atoms with Gasteiger partial charge in [-0.25, -0.2) is 0 Å². The van der Waals surface area contributed by atoms with Gasteiger partial charge in [-0.3, -0.25) is 14.9 Å². The number of nitrogens with zero attached hydrogens (tertiary/aromatic N) is 1. The molecule has 0 saturated carbocycles. The molecule has 6 nitrogen and oxygen atoms in total. The summed E-state index contributed by atoms with van der Waals surface area (Å²) in [5, 5.41) is 22.5. The summed E-state index contributed by atoms with van der Waals surface area (Å²) in [7, 11) is 0. The Balaban J connectivity index is 3.03. The Kier molecular flexibility index (Phi) is 5.06. The molecule has 0 saturated heterocycles. The lowest BCUT2D eigenvalue weighted by molar-refractivity contribution is -0.385. The predicted octanol–water partition coefficient (Wildman–Crippen LogP) is 1.75. The minimum atomic E-state index is -0.648. The lowest BCUT2D eigenvalue weighted by Gasteiger charge is -2.14. The molecular weight excluding hydrogens is 260 g/mol. The molecule has 1 amide bonds. The van der Waals surface area contributed by atoms with Gasteiger partial charge in [0, 0.05) is 11.1 Å². The third kappa shape index (κ3) is 3.41. The Morgan fingerprint density at radius 3 is 2.78 bits per heavy atom. The lowest BCUT2D eigenvalue weighted by Crippen LogP contribution is -2.37. The number of hydrogen-bond donors (Lipinski definition) is 2. The molecule has 0 aliphatic rings. The van der Waals surface area contributed by atoms with E-state index < -0.39 is 16.9 Å². The molecule has 0 unspecified atom stereocenters. The highest BCUT2D eigenvalue weighted by Crippen LogP contribution is 2.22. The van der Waals surface area contributed by atoms with Crippen LogP contribution in [0.25, 0.3) is 0 Å². The van der Waals surface area contributed by atoms with Gasteiger partial charge in [-0.1, -0.05) is 18.5 Å². The van der Waals surface area contributed by atoms with E-state index in [1.54, 1.807) is 6.92 Å². The number of rotatable bonds is 5. The van der Waals surface area contributed by atoms with Gasteiger partial charge in [0.05, 0.1) is 17.6 Å². The third-order valence-corrected chi connectivity index (χ3v) is 2.68. The first-order chi connectivity index (χ1) is 8.49. The number of hydrogen-bond acceptors (Lipinski definition) is 4. The van der Waals surface area contributed by atoms with Crippen LogP contribution in [-0.4, -0.2) is 28.6 Å². The van der Waals surface area contributed by atoms with E-state index in [1.165, 1.54) is 18.2 Å². The summed E-state index contributed by atoms with van der Waals surface area (Å²) < 4.78 is 0. The standard InChI is InChI=1S/C11H13ClN2O4/c1-2-8(6-15)13-11(16)9-5-7(12)3-4-10(9)14(17)18/h3-5,8,15H,2,6H2,1H3,(H,13,16)/t8-/m1/s1. The molecule has 0 aliphatic carbocycles. The fraction of sp³-hybridized carbons (Fsp3) is 0.364. The molecule has 0 fully saturated rings. The monoisotopic (exact) mass is 272 g/mol. The van der Waals surface area contributed by atoms with E-state index in [1.807, 2.05) is 0 Å². The first-order valence-electron chi connectivity index (χ1n) is 5.35. The molecule has 0 spiro atoms. The van der Waals surface area contributed by atoms with E-state index in [0.29, 0.717) is 6.42 Å². The molecule has 98 valence electrons. The molecular formula is C11H13ClN2O4. The van der Waals surface area contributed by atoms with Crippen molar-refractivity contribution < 1.29 is 14.8 Å². The number of amides is 1. The van der Waals surface area contributed by atoms with Crippen molar-refractivity contribution in [2.75, 3.05) is 6.61 Å². The summed E-state index contributed by atoms with van der Waals surface area (Å²) >= 11 is 5.72. The molecule has 0 radical (unpaired) electrons. The summed E-state index contributed by atoms with van der Waals surface area (Å²) in [5.74, 6) is -0.620. The number of carbonyl (C=O) groups is 1. The molecule has 0 bridgehead atoms. The smallest absolute Gasteiger partial charge is 0.282 e. The van der Waals surface area contributed by atoms with Crippen molar-refractivity contribution in [3.63, 3.8) is 0 Å². The Bertz CT molecular complexity index is 460. The highest BCUT2D eigenvalue weighted by atomic mass is 35.5. The molecule has 18 heavy (non-hydrogen) atoms. The van der Waals surface area contributed by atoms with Gasteiger partial charge in [-0.05, 0) is 18.6 Å². The average Bonchev–Trinajstić information content (AvgIpc) is 2.35. The van der Waals surface area contributed by atoms with Crippen LogP contribution in [0.5, 0.6) is 0 Å². The first-order valence-corrected chi connectivity index (χ1v) is 5.73. The summed E-state index contributed by atoms with van der Waals surface area (Å²) in [6.45, 7) is 1.56. The minimum Gasteiger partial charge on any atom is -0.394 e. The van der Waals surface area contributed by atoms with Gasteiger partial charge in [0.2, 0.25) is 0 Å². The first kappa shape index (κ1) is 14.4. The number of benzene rings is 1. The van der Waals surface area contributed by atoms with Crippen LogP contribution in [0.3, 0.4) is 0 Å². The maximum absolute atomic E-state index is 11.9. The average molecular weight is 273 g/mol. The molecule has 2 N–H and O–H groups in total. The molecule has 7 heteroatoms. The fourth-order valence-electron chi connectivity index (χ4n) is 1.39. The number of carbonyl (C=O) groups excluding carboxylic acids is 1. The van der Waals surface area contributed by atoms with Gasteiger partial charge in [0.15, 0.2) is 0 Å². The number of nitrogens with one attached hydrogen (secondary N) is 1. The Hall–Kier alpha value is -1.66. The van der Waals surface area contributed by atoms with Gasteiger partial charge in [-0.15, -0.1) is 0 Å². The molecule has 1 aromatic rings. The summed E-state index contributed by atoms with van der Waals surface area (Å²) in [4.78, 5) is 22.0. The van der Waals surface area contributed by atoms with Crippen molar-refractivity contribution in [3.8, 4) is 0 Å². The summed E-state index contributed by atoms with van der Waals surface area (Å²) in [5.41, 5.74) is -0.427. The maximum Gasteiger partial charge on any atom is 0.282 e. The van der Waals surface area contributed by atoms with Gasteiger partial charge < -0.3 is 10.4 Å². The highest BCUT2D eigenvalue weighted by molar-refractivity contribution is 6.31. The Morgan fingerprint density at radius 1 is 1.61 bits per heavy atom. The second-order valence-corrected chi connectivity index (χ2v) is 4.12. The molecule has 0 aromatic heterocycles. The lowest BCUT2D eigenvalue weighted by atomic mass is 10.1. The Labute approximate surface area is 109 Å². The van der Waals surface area contributed by atoms with Crippen LogP contribution in [0.4, 0.5) is 5.69 Å². The summed E-state index contributed by atoms with van der Waals surface area (Å²) in [6, 6.07) is 3.33. The van der Waals surface area contributed by atoms with Gasteiger partial charge in [0.25, 0.3) is 11.6 Å². The fourth-order valence-corrected chi connectivity index (χ4v) is 1.56. The van der Waals surface area contributed by atoms with Crippen LogP contribution in [-0.2, 0) is 0 Å². The van der Waals surface area contributed by atoms with Crippen molar-refractivity contribution in [3.05, 3.63) is 38.9 Å². The maximum atomic E-state index is 11.9. The van der Waals surface area contributed by atoms with E-state index in [4.69, 9.17) is 16.7 Å². The number of nitro groups is 1. The SMILES string of the molecule is CC[C@H](CO)NC(=O)c1cc(Cl)ccc1[N+](=O)[O-]. The molecule has 0 heterocycles. The molecule has 1 aromatic carbocycles. The van der Waals surface area contributed by atoms with Crippen molar-refractivity contribution in [2.24, 2.45) is 0 Å². The van der Waals surface area contributed by atoms with E-state index in [0.717, 1.165) is 0 Å². The van der Waals surface area contributed by atoms with Crippen LogP contribution in [0.15, 0.2) is 18.2 Å². The van der Waals surface area contributed by atoms with Crippen LogP contribution in [0.1, 0.15) is 23.7 Å². The van der Waals surface area contributed by atoms with Crippen molar-refractivity contribution in [1.82, 2.24) is 5.32 Å². The largest absolute Gasteiger partial charge is 0.394 e. The van der Waals surface area contributed by atoms with Crippen molar-refractivity contribution in [2.45, 2.75) is 19.4 Å². The third-order valence-electron chi connectivity index (χ3n) is 2.45. The van der Waals surface area contributed by atoms with E-state index >= 15 is 0 Å². The van der Waals surface area contributed by atoms with Crippen LogP contribution < -0.4 is 5.32 Å². The number of aliphatic hydroxyl groups excluding tert-OH is 1. The van der Waals surface area contributed by atoms with Crippen LogP contribution in [0, 0.1) is 10.1 Å². The van der Waals surface area contributed by atoms with Crippen molar-refractivity contribution in [1.29, 1.82) is 0 Å².